The Morgan fingerprint density at radius 3 is 2.67 bits per heavy atom. The van der Waals surface area contributed by atoms with Crippen molar-refractivity contribution >= 4 is 18.7 Å². The summed E-state index contributed by atoms with van der Waals surface area (Å²) in [6.45, 7) is 7.37. The van der Waals surface area contributed by atoms with Crippen molar-refractivity contribution in [3.63, 3.8) is 0 Å². The van der Waals surface area contributed by atoms with E-state index >= 15 is 0 Å². The second-order valence-electron chi connectivity index (χ2n) is 3.51. The van der Waals surface area contributed by atoms with Crippen LogP contribution in [0.3, 0.4) is 0 Å². The number of aromatic hydroxyl groups is 1. The van der Waals surface area contributed by atoms with E-state index in [1.165, 1.54) is 0 Å². The molecule has 0 bridgehead atoms. The molecule has 0 aliphatic carbocycles. The molecule has 0 aromatic carbocycles. The molecule has 0 atom stereocenters. The lowest BCUT2D eigenvalue weighted by atomic mass is 10.1. The molecule has 0 amide bonds. The first-order chi connectivity index (χ1) is 7.10. The zero-order chi connectivity index (χ0) is 11.4. The average molecular weight is 205 g/mol. The van der Waals surface area contributed by atoms with Crippen LogP contribution in [-0.2, 0) is 0 Å². The Morgan fingerprint density at radius 2 is 2.20 bits per heavy atom. The minimum atomic E-state index is 0.151. The van der Waals surface area contributed by atoms with Gasteiger partial charge in [-0.25, -0.2) is 9.98 Å². The normalized spacial score (nSPS) is 11.2. The van der Waals surface area contributed by atoms with Crippen LogP contribution in [0.25, 0.3) is 0 Å². The minimum Gasteiger partial charge on any atom is -0.506 e. The van der Waals surface area contributed by atoms with E-state index in [0.717, 1.165) is 0 Å². The molecule has 1 aromatic rings. The molecule has 1 heterocycles. The highest BCUT2D eigenvalue weighted by Gasteiger charge is 2.11. The Morgan fingerprint density at radius 1 is 1.53 bits per heavy atom. The zero-order valence-electron chi connectivity index (χ0n) is 9.23. The van der Waals surface area contributed by atoms with Gasteiger partial charge >= 0.3 is 0 Å². The molecule has 4 heteroatoms. The molecule has 0 spiro atoms. The molecule has 0 unspecified atom stereocenters. The number of pyridine rings is 1. The molecule has 0 saturated heterocycles. The van der Waals surface area contributed by atoms with E-state index in [2.05, 4.69) is 21.7 Å². The van der Waals surface area contributed by atoms with Gasteiger partial charge in [-0.3, -0.25) is 4.99 Å². The van der Waals surface area contributed by atoms with Crippen LogP contribution in [0.15, 0.2) is 16.1 Å². The second kappa shape index (κ2) is 4.68. The maximum Gasteiger partial charge on any atom is 0.160 e. The van der Waals surface area contributed by atoms with E-state index in [-0.39, 0.29) is 11.7 Å². The van der Waals surface area contributed by atoms with Crippen LogP contribution in [0.1, 0.15) is 31.0 Å². The molecule has 0 saturated carbocycles. The van der Waals surface area contributed by atoms with E-state index in [1.54, 1.807) is 19.3 Å². The summed E-state index contributed by atoms with van der Waals surface area (Å²) in [6, 6.07) is 1.61. The number of aliphatic imine (C=N–C) groups is 2. The third-order valence-electron chi connectivity index (χ3n) is 2.00. The van der Waals surface area contributed by atoms with Crippen molar-refractivity contribution in [2.24, 2.45) is 9.98 Å². The summed E-state index contributed by atoms with van der Waals surface area (Å²) in [5.41, 5.74) is 1.31. The monoisotopic (exact) mass is 205 g/mol. The Labute approximate surface area is 89.4 Å². The van der Waals surface area contributed by atoms with Crippen molar-refractivity contribution in [1.29, 1.82) is 0 Å². The van der Waals surface area contributed by atoms with Gasteiger partial charge in [-0.15, -0.1) is 0 Å². The Hall–Kier alpha value is -1.71. The van der Waals surface area contributed by atoms with Gasteiger partial charge in [-0.2, -0.15) is 0 Å². The SMILES string of the molecule is C=Nc1nc(C(C)C)c(O)cc1/C=N\C. The van der Waals surface area contributed by atoms with Gasteiger partial charge in [0, 0.05) is 18.8 Å². The summed E-state index contributed by atoms with van der Waals surface area (Å²) in [6.07, 6.45) is 1.60. The molecule has 0 aliphatic heterocycles. The maximum atomic E-state index is 9.72. The maximum absolute atomic E-state index is 9.72. The molecule has 0 radical (unpaired) electrons. The summed E-state index contributed by atoms with van der Waals surface area (Å²) >= 11 is 0. The highest BCUT2D eigenvalue weighted by atomic mass is 16.3. The fourth-order valence-electron chi connectivity index (χ4n) is 1.31. The summed E-state index contributed by atoms with van der Waals surface area (Å²) in [4.78, 5) is 11.9. The first-order valence-corrected chi connectivity index (χ1v) is 4.73. The predicted octanol–water partition coefficient (Wildman–Crippen LogP) is 2.29. The third-order valence-corrected chi connectivity index (χ3v) is 2.00. The summed E-state index contributed by atoms with van der Waals surface area (Å²) < 4.78 is 0. The standard InChI is InChI=1S/C11H15N3O/c1-7(2)10-9(15)5-8(6-12-3)11(13-4)14-10/h5-7,15H,4H2,1-3H3/b12-6-. The number of rotatable bonds is 3. The first-order valence-electron chi connectivity index (χ1n) is 4.73. The van der Waals surface area contributed by atoms with Gasteiger partial charge in [0.15, 0.2) is 5.82 Å². The largest absolute Gasteiger partial charge is 0.506 e. The van der Waals surface area contributed by atoms with Gasteiger partial charge in [0.05, 0.1) is 5.69 Å². The van der Waals surface area contributed by atoms with Crippen LogP contribution >= 0.6 is 0 Å². The predicted molar refractivity (Wildman–Crippen MR) is 62.7 cm³/mol. The molecule has 4 nitrogen and oxygen atoms in total. The Bertz CT molecular complexity index is 397. The molecule has 15 heavy (non-hydrogen) atoms. The van der Waals surface area contributed by atoms with Crippen LogP contribution in [-0.4, -0.2) is 30.1 Å². The van der Waals surface area contributed by atoms with Gasteiger partial charge in [0.2, 0.25) is 0 Å². The van der Waals surface area contributed by atoms with E-state index in [9.17, 15) is 5.11 Å². The highest BCUT2D eigenvalue weighted by Crippen LogP contribution is 2.28. The lowest BCUT2D eigenvalue weighted by Crippen LogP contribution is -1.96. The molecular formula is C11H15N3O. The molecule has 0 aliphatic rings. The molecule has 1 aromatic heterocycles. The van der Waals surface area contributed by atoms with Gasteiger partial charge in [-0.05, 0) is 18.7 Å². The van der Waals surface area contributed by atoms with Gasteiger partial charge < -0.3 is 5.11 Å². The van der Waals surface area contributed by atoms with Crippen LogP contribution < -0.4 is 0 Å². The van der Waals surface area contributed by atoms with Crippen LogP contribution in [0.2, 0.25) is 0 Å². The number of hydrogen-bond acceptors (Lipinski definition) is 4. The van der Waals surface area contributed by atoms with Crippen molar-refractivity contribution in [1.82, 2.24) is 4.98 Å². The fourth-order valence-corrected chi connectivity index (χ4v) is 1.31. The summed E-state index contributed by atoms with van der Waals surface area (Å²) in [5, 5.41) is 9.72. The minimum absolute atomic E-state index is 0.151. The van der Waals surface area contributed by atoms with E-state index in [4.69, 9.17) is 0 Å². The smallest absolute Gasteiger partial charge is 0.160 e. The third kappa shape index (κ3) is 2.40. The lowest BCUT2D eigenvalue weighted by Gasteiger charge is -2.09. The number of aromatic nitrogens is 1. The van der Waals surface area contributed by atoms with Gasteiger partial charge in [0.1, 0.15) is 5.75 Å². The van der Waals surface area contributed by atoms with Crippen LogP contribution in [0, 0.1) is 0 Å². The lowest BCUT2D eigenvalue weighted by molar-refractivity contribution is 0.460. The molecular weight excluding hydrogens is 190 g/mol. The van der Waals surface area contributed by atoms with Crippen LogP contribution in [0.4, 0.5) is 5.82 Å². The van der Waals surface area contributed by atoms with E-state index in [1.807, 2.05) is 13.8 Å². The quantitative estimate of drug-likeness (QED) is 0.769. The van der Waals surface area contributed by atoms with Crippen molar-refractivity contribution in [3.05, 3.63) is 17.3 Å². The van der Waals surface area contributed by atoms with E-state index < -0.39 is 0 Å². The van der Waals surface area contributed by atoms with Crippen molar-refractivity contribution in [3.8, 4) is 5.75 Å². The first kappa shape index (κ1) is 11.4. The van der Waals surface area contributed by atoms with Gasteiger partial charge in [0.25, 0.3) is 0 Å². The summed E-state index contributed by atoms with van der Waals surface area (Å²) in [5.74, 6) is 0.826. The molecule has 1 N–H and O–H groups in total. The topological polar surface area (TPSA) is 57.8 Å². The Balaban J connectivity index is 3.35. The average Bonchev–Trinajstić information content (AvgIpc) is 2.18. The van der Waals surface area contributed by atoms with Crippen LogP contribution in [0.5, 0.6) is 5.75 Å². The molecule has 0 fully saturated rings. The summed E-state index contributed by atoms with van der Waals surface area (Å²) in [7, 11) is 1.65. The highest BCUT2D eigenvalue weighted by molar-refractivity contribution is 5.86. The second-order valence-corrected chi connectivity index (χ2v) is 3.51. The zero-order valence-corrected chi connectivity index (χ0v) is 9.23. The fraction of sp³-hybridized carbons (Fsp3) is 0.364. The van der Waals surface area contributed by atoms with Crippen molar-refractivity contribution in [2.45, 2.75) is 19.8 Å². The molecule has 80 valence electrons. The number of hydrogen-bond donors (Lipinski definition) is 1. The Kier molecular flexibility index (Phi) is 3.55. The van der Waals surface area contributed by atoms with Crippen molar-refractivity contribution < 1.29 is 5.11 Å². The molecule has 1 rings (SSSR count). The van der Waals surface area contributed by atoms with Gasteiger partial charge in [-0.1, -0.05) is 13.8 Å². The van der Waals surface area contributed by atoms with Crippen molar-refractivity contribution in [2.75, 3.05) is 7.05 Å². The number of nitrogens with zero attached hydrogens (tertiary/aromatic N) is 3. The van der Waals surface area contributed by atoms with E-state index in [0.29, 0.717) is 17.1 Å².